The third-order valence-electron chi connectivity index (χ3n) is 14.4. The van der Waals surface area contributed by atoms with Crippen molar-refractivity contribution in [3.8, 4) is 22.5 Å². The van der Waals surface area contributed by atoms with Crippen molar-refractivity contribution in [2.24, 2.45) is 0 Å². The molecule has 324 valence electrons. The molecule has 0 fully saturated rings. The summed E-state index contributed by atoms with van der Waals surface area (Å²) in [5.74, 6) is 0. The van der Waals surface area contributed by atoms with Crippen molar-refractivity contribution in [1.29, 1.82) is 0 Å². The fourth-order valence-electron chi connectivity index (χ4n) is 11.2. The number of hydrogen-bond acceptors (Lipinski definition) is 2. The first kappa shape index (κ1) is 39.7. The molecule has 68 heavy (non-hydrogen) atoms. The van der Waals surface area contributed by atoms with Crippen molar-refractivity contribution in [1.82, 2.24) is 9.13 Å². The SMILES string of the molecule is C=C1/C=C\C=C/Cc2cc(-n3c4ccccc4c4cc(-c5ccc6c(c5)C(C)(C)c5ccccc5N6c5ccc6c(c5)c5ccccc5n6-c5ccccc5)ccc43)ccc2N1c1ccccc1. The van der Waals surface area contributed by atoms with Gasteiger partial charge in [-0.1, -0.05) is 142 Å². The fraction of sp³-hybridized carbons (Fsp3) is 0.0625. The van der Waals surface area contributed by atoms with E-state index < -0.39 is 0 Å². The van der Waals surface area contributed by atoms with E-state index in [9.17, 15) is 0 Å². The van der Waals surface area contributed by atoms with Crippen molar-refractivity contribution < 1.29 is 0 Å². The second-order valence-electron chi connectivity index (χ2n) is 18.7. The molecule has 0 saturated heterocycles. The topological polar surface area (TPSA) is 16.3 Å². The van der Waals surface area contributed by atoms with E-state index >= 15 is 0 Å². The Balaban J connectivity index is 0.934. The number of hydrogen-bond donors (Lipinski definition) is 0. The molecule has 0 unspecified atom stereocenters. The highest BCUT2D eigenvalue weighted by Crippen LogP contribution is 2.53. The van der Waals surface area contributed by atoms with Crippen LogP contribution in [-0.4, -0.2) is 9.13 Å². The summed E-state index contributed by atoms with van der Waals surface area (Å²) in [5.41, 5.74) is 19.8. The van der Waals surface area contributed by atoms with Gasteiger partial charge in [-0.25, -0.2) is 0 Å². The van der Waals surface area contributed by atoms with Crippen LogP contribution in [0.5, 0.6) is 0 Å². The van der Waals surface area contributed by atoms with Gasteiger partial charge in [-0.05, 0) is 143 Å². The molecule has 9 aromatic carbocycles. The molecule has 2 aliphatic rings. The summed E-state index contributed by atoms with van der Waals surface area (Å²) < 4.78 is 4.82. The molecule has 0 radical (unpaired) electrons. The van der Waals surface area contributed by atoms with Crippen LogP contribution in [0.1, 0.15) is 30.5 Å². The smallest absolute Gasteiger partial charge is 0.0542 e. The molecule has 0 spiro atoms. The van der Waals surface area contributed by atoms with E-state index in [1.165, 1.54) is 82.8 Å². The van der Waals surface area contributed by atoms with Crippen molar-refractivity contribution >= 4 is 72.0 Å². The Morgan fingerprint density at radius 1 is 0.397 bits per heavy atom. The van der Waals surface area contributed by atoms with Gasteiger partial charge in [0.25, 0.3) is 0 Å². The van der Waals surface area contributed by atoms with Gasteiger partial charge in [0, 0.05) is 61.1 Å². The Morgan fingerprint density at radius 3 is 1.72 bits per heavy atom. The summed E-state index contributed by atoms with van der Waals surface area (Å²) in [5, 5.41) is 4.95. The first-order valence-corrected chi connectivity index (χ1v) is 23.6. The van der Waals surface area contributed by atoms with E-state index in [2.05, 4.69) is 270 Å². The number of nitrogens with zero attached hydrogens (tertiary/aromatic N) is 4. The van der Waals surface area contributed by atoms with Gasteiger partial charge >= 0.3 is 0 Å². The summed E-state index contributed by atoms with van der Waals surface area (Å²) in [6.07, 6.45) is 9.34. The molecule has 4 nitrogen and oxygen atoms in total. The number of rotatable bonds is 5. The summed E-state index contributed by atoms with van der Waals surface area (Å²) in [4.78, 5) is 4.75. The van der Waals surface area contributed by atoms with Gasteiger partial charge in [0.1, 0.15) is 0 Å². The van der Waals surface area contributed by atoms with E-state index in [4.69, 9.17) is 0 Å². The Hall–Kier alpha value is -8.60. The van der Waals surface area contributed by atoms with Crippen LogP contribution in [0.15, 0.2) is 243 Å². The lowest BCUT2D eigenvalue weighted by atomic mass is 9.73. The van der Waals surface area contributed by atoms with E-state index in [-0.39, 0.29) is 5.41 Å². The van der Waals surface area contributed by atoms with Gasteiger partial charge in [-0.3, -0.25) is 0 Å². The molecular weight excluding hydrogens is 825 g/mol. The molecule has 0 aliphatic carbocycles. The molecule has 13 rings (SSSR count). The molecule has 0 atom stereocenters. The van der Waals surface area contributed by atoms with Gasteiger partial charge in [-0.2, -0.15) is 0 Å². The third-order valence-corrected chi connectivity index (χ3v) is 14.4. The Labute approximate surface area is 396 Å². The largest absolute Gasteiger partial charge is 0.311 e. The average Bonchev–Trinajstić information content (AvgIpc) is 3.91. The molecule has 2 aromatic heterocycles. The zero-order chi connectivity index (χ0) is 45.5. The summed E-state index contributed by atoms with van der Waals surface area (Å²) in [6.45, 7) is 9.25. The van der Waals surface area contributed by atoms with Crippen molar-refractivity contribution in [2.45, 2.75) is 25.7 Å². The summed E-state index contributed by atoms with van der Waals surface area (Å²) in [7, 11) is 0. The highest BCUT2D eigenvalue weighted by Gasteiger charge is 2.37. The maximum Gasteiger partial charge on any atom is 0.0542 e. The normalized spacial score (nSPS) is 15.2. The Kier molecular flexibility index (Phi) is 9.06. The van der Waals surface area contributed by atoms with Crippen LogP contribution in [-0.2, 0) is 11.8 Å². The van der Waals surface area contributed by atoms with Gasteiger partial charge in [-0.15, -0.1) is 0 Å². The molecule has 0 amide bonds. The fourth-order valence-corrected chi connectivity index (χ4v) is 11.2. The van der Waals surface area contributed by atoms with E-state index in [0.29, 0.717) is 0 Å². The Morgan fingerprint density at radius 2 is 0.956 bits per heavy atom. The minimum atomic E-state index is -0.247. The monoisotopic (exact) mass is 872 g/mol. The van der Waals surface area contributed by atoms with Crippen LogP contribution in [0, 0.1) is 0 Å². The van der Waals surface area contributed by atoms with Crippen molar-refractivity contribution in [2.75, 3.05) is 9.80 Å². The zero-order valence-electron chi connectivity index (χ0n) is 38.1. The molecule has 0 saturated carbocycles. The van der Waals surface area contributed by atoms with Gasteiger partial charge in [0.05, 0.1) is 33.4 Å². The third kappa shape index (κ3) is 6.14. The van der Waals surface area contributed by atoms with Crippen molar-refractivity contribution in [3.63, 3.8) is 0 Å². The van der Waals surface area contributed by atoms with Crippen LogP contribution >= 0.6 is 0 Å². The standard InChI is InChI=1S/C64H48N4/c1-43-19-7-4-8-20-46-39-49(33-37-57(46)65(43)47-21-9-5-10-22-47)67-59-29-17-13-25-51(59)53-40-44(31-35-60(53)67)45-32-36-63-56(41-45)64(2,3)55-27-15-18-30-62(55)68(63)50-34-38-61-54(42-50)52-26-14-16-28-58(52)66(61)48-23-11-6-12-24-48/h4-19,21-42H,1,20H2,2-3H3/b8-4-,19-7-. The lowest BCUT2D eigenvalue weighted by Gasteiger charge is -2.42. The summed E-state index contributed by atoms with van der Waals surface area (Å²) in [6, 6.07) is 75.9. The lowest BCUT2D eigenvalue weighted by molar-refractivity contribution is 0.632. The number of fused-ring (bicyclic) bond motifs is 9. The molecular formula is C64H48N4. The molecule has 11 aromatic rings. The minimum Gasteiger partial charge on any atom is -0.311 e. The van der Waals surface area contributed by atoms with E-state index in [0.717, 1.165) is 40.6 Å². The number of benzene rings is 9. The molecule has 4 heteroatoms. The van der Waals surface area contributed by atoms with E-state index in [1.54, 1.807) is 0 Å². The second-order valence-corrected chi connectivity index (χ2v) is 18.7. The van der Waals surface area contributed by atoms with Crippen LogP contribution in [0.3, 0.4) is 0 Å². The highest BCUT2D eigenvalue weighted by molar-refractivity contribution is 6.12. The first-order chi connectivity index (χ1) is 33.4. The van der Waals surface area contributed by atoms with Gasteiger partial charge in [0.2, 0.25) is 0 Å². The number of allylic oxidation sites excluding steroid dienone is 4. The number of aromatic nitrogens is 2. The zero-order valence-corrected chi connectivity index (χ0v) is 38.1. The van der Waals surface area contributed by atoms with E-state index in [1.807, 2.05) is 0 Å². The average molecular weight is 873 g/mol. The lowest BCUT2D eigenvalue weighted by Crippen LogP contribution is -2.30. The minimum absolute atomic E-state index is 0.247. The highest BCUT2D eigenvalue weighted by atomic mass is 15.2. The Bertz CT molecular complexity index is 3880. The van der Waals surface area contributed by atoms with Crippen LogP contribution < -0.4 is 9.80 Å². The van der Waals surface area contributed by atoms with Crippen LogP contribution in [0.25, 0.3) is 66.1 Å². The molecule has 2 aliphatic heterocycles. The molecule has 0 bridgehead atoms. The number of anilines is 5. The maximum atomic E-state index is 4.49. The summed E-state index contributed by atoms with van der Waals surface area (Å²) >= 11 is 0. The number of para-hydroxylation sites is 5. The predicted octanol–water partition coefficient (Wildman–Crippen LogP) is 17.0. The predicted molar refractivity (Wildman–Crippen MR) is 287 cm³/mol. The van der Waals surface area contributed by atoms with Crippen LogP contribution in [0.2, 0.25) is 0 Å². The van der Waals surface area contributed by atoms with Crippen molar-refractivity contribution in [3.05, 3.63) is 260 Å². The van der Waals surface area contributed by atoms with Gasteiger partial charge < -0.3 is 18.9 Å². The maximum absolute atomic E-state index is 4.49. The molecule has 0 N–H and O–H groups in total. The van der Waals surface area contributed by atoms with Crippen LogP contribution in [0.4, 0.5) is 28.4 Å². The quantitative estimate of drug-likeness (QED) is 0.171. The van der Waals surface area contributed by atoms with Gasteiger partial charge in [0.15, 0.2) is 0 Å². The molecule has 4 heterocycles. The first-order valence-electron chi connectivity index (χ1n) is 23.6. The second kappa shape index (κ2) is 15.5.